The third-order valence-corrected chi connectivity index (χ3v) is 4.59. The highest BCUT2D eigenvalue weighted by molar-refractivity contribution is 5.97. The Morgan fingerprint density at radius 2 is 1.92 bits per heavy atom. The number of nitrogens with one attached hydrogen (secondary N) is 2. The number of carbonyl (C=O) groups is 2. The predicted octanol–water partition coefficient (Wildman–Crippen LogP) is 1.73. The second-order valence-corrected chi connectivity index (χ2v) is 6.15. The van der Waals surface area contributed by atoms with Crippen LogP contribution in [0.3, 0.4) is 0 Å². The molecule has 0 radical (unpaired) electrons. The predicted molar refractivity (Wildman–Crippen MR) is 94.1 cm³/mol. The summed E-state index contributed by atoms with van der Waals surface area (Å²) < 4.78 is 5.24. The standard InChI is InChI=1S/C18H27N3O3/c1-4-21(5-2)16(22)14-6-8-15(9-7-14)20-17(23)18(13-24-3)10-11-19-12-18/h6-9,19H,4-5,10-13H2,1-3H3,(H,20,23). The number of nitrogens with zero attached hydrogens (tertiary/aromatic N) is 1. The van der Waals surface area contributed by atoms with Crippen molar-refractivity contribution in [2.24, 2.45) is 5.41 Å². The fourth-order valence-electron chi connectivity index (χ4n) is 3.06. The van der Waals surface area contributed by atoms with Crippen LogP contribution in [0.4, 0.5) is 5.69 Å². The van der Waals surface area contributed by atoms with Gasteiger partial charge in [-0.05, 0) is 51.1 Å². The first-order chi connectivity index (χ1) is 11.6. The number of methoxy groups -OCH3 is 1. The van der Waals surface area contributed by atoms with Gasteiger partial charge in [0.15, 0.2) is 0 Å². The molecule has 2 rings (SSSR count). The molecule has 2 N–H and O–H groups in total. The molecule has 132 valence electrons. The Hall–Kier alpha value is -1.92. The van der Waals surface area contributed by atoms with E-state index in [0.29, 0.717) is 37.5 Å². The van der Waals surface area contributed by atoms with Gasteiger partial charge >= 0.3 is 0 Å². The molecular formula is C18H27N3O3. The molecule has 1 aromatic rings. The van der Waals surface area contributed by atoms with Crippen molar-refractivity contribution in [1.82, 2.24) is 10.2 Å². The number of carbonyl (C=O) groups excluding carboxylic acids is 2. The molecule has 1 atom stereocenters. The van der Waals surface area contributed by atoms with E-state index in [9.17, 15) is 9.59 Å². The summed E-state index contributed by atoms with van der Waals surface area (Å²) in [4.78, 5) is 26.7. The van der Waals surface area contributed by atoms with E-state index in [2.05, 4.69) is 10.6 Å². The molecule has 0 aromatic heterocycles. The van der Waals surface area contributed by atoms with Crippen molar-refractivity contribution in [2.75, 3.05) is 45.2 Å². The number of hydrogen-bond donors (Lipinski definition) is 2. The van der Waals surface area contributed by atoms with Gasteiger partial charge in [-0.25, -0.2) is 0 Å². The molecule has 1 unspecified atom stereocenters. The lowest BCUT2D eigenvalue weighted by atomic mass is 9.87. The highest BCUT2D eigenvalue weighted by Gasteiger charge is 2.41. The van der Waals surface area contributed by atoms with Gasteiger partial charge in [0.25, 0.3) is 5.91 Å². The third kappa shape index (κ3) is 3.94. The number of amides is 2. The van der Waals surface area contributed by atoms with Gasteiger partial charge in [-0.15, -0.1) is 0 Å². The van der Waals surface area contributed by atoms with Gasteiger partial charge in [0.2, 0.25) is 5.91 Å². The van der Waals surface area contributed by atoms with Gasteiger partial charge in [-0.2, -0.15) is 0 Å². The summed E-state index contributed by atoms with van der Waals surface area (Å²) in [5.74, 6) is -0.0362. The fourth-order valence-corrected chi connectivity index (χ4v) is 3.06. The number of hydrogen-bond acceptors (Lipinski definition) is 4. The maximum atomic E-state index is 12.6. The molecule has 1 fully saturated rings. The van der Waals surface area contributed by atoms with E-state index in [-0.39, 0.29) is 11.8 Å². The Morgan fingerprint density at radius 3 is 2.42 bits per heavy atom. The molecule has 0 aliphatic carbocycles. The number of benzene rings is 1. The Morgan fingerprint density at radius 1 is 1.25 bits per heavy atom. The molecule has 6 heteroatoms. The number of rotatable bonds is 7. The van der Waals surface area contributed by atoms with Crippen LogP contribution in [0.1, 0.15) is 30.6 Å². The van der Waals surface area contributed by atoms with Crippen LogP contribution in [0.5, 0.6) is 0 Å². The monoisotopic (exact) mass is 333 g/mol. The van der Waals surface area contributed by atoms with Crippen molar-refractivity contribution in [1.29, 1.82) is 0 Å². The van der Waals surface area contributed by atoms with Gasteiger partial charge in [0, 0.05) is 38.0 Å². The second-order valence-electron chi connectivity index (χ2n) is 6.15. The molecule has 1 aromatic carbocycles. The molecule has 1 heterocycles. The van der Waals surface area contributed by atoms with Gasteiger partial charge < -0.3 is 20.3 Å². The van der Waals surface area contributed by atoms with Crippen LogP contribution in [0.25, 0.3) is 0 Å². The third-order valence-electron chi connectivity index (χ3n) is 4.59. The summed E-state index contributed by atoms with van der Waals surface area (Å²) in [5, 5.41) is 6.17. The van der Waals surface area contributed by atoms with Gasteiger partial charge in [0.05, 0.1) is 12.0 Å². The topological polar surface area (TPSA) is 70.7 Å². The van der Waals surface area contributed by atoms with E-state index in [1.807, 2.05) is 13.8 Å². The zero-order valence-electron chi connectivity index (χ0n) is 14.7. The number of anilines is 1. The minimum atomic E-state index is -0.523. The van der Waals surface area contributed by atoms with Crippen LogP contribution in [-0.2, 0) is 9.53 Å². The molecule has 1 aliphatic heterocycles. The Kier molecular flexibility index (Phi) is 6.34. The normalized spacial score (nSPS) is 20.0. The van der Waals surface area contributed by atoms with E-state index in [0.717, 1.165) is 13.0 Å². The second kappa shape index (κ2) is 8.26. The van der Waals surface area contributed by atoms with Gasteiger partial charge in [0.1, 0.15) is 0 Å². The van der Waals surface area contributed by atoms with Crippen LogP contribution in [0, 0.1) is 5.41 Å². The first-order valence-electron chi connectivity index (χ1n) is 8.46. The number of ether oxygens (including phenoxy) is 1. The maximum Gasteiger partial charge on any atom is 0.253 e. The SMILES string of the molecule is CCN(CC)C(=O)c1ccc(NC(=O)C2(COC)CCNC2)cc1. The minimum absolute atomic E-state index is 0.00808. The molecule has 0 saturated carbocycles. The molecule has 1 saturated heterocycles. The Labute approximate surface area is 143 Å². The van der Waals surface area contributed by atoms with Gasteiger partial charge in [-0.3, -0.25) is 9.59 Å². The van der Waals surface area contributed by atoms with Crippen molar-refractivity contribution in [3.05, 3.63) is 29.8 Å². The van der Waals surface area contributed by atoms with Crippen LogP contribution in [-0.4, -0.2) is 56.6 Å². The maximum absolute atomic E-state index is 12.6. The quantitative estimate of drug-likeness (QED) is 0.797. The molecule has 0 bridgehead atoms. The van der Waals surface area contributed by atoms with Crippen molar-refractivity contribution in [2.45, 2.75) is 20.3 Å². The van der Waals surface area contributed by atoms with E-state index >= 15 is 0 Å². The van der Waals surface area contributed by atoms with Crippen LogP contribution in [0.15, 0.2) is 24.3 Å². The van der Waals surface area contributed by atoms with E-state index < -0.39 is 5.41 Å². The minimum Gasteiger partial charge on any atom is -0.384 e. The largest absolute Gasteiger partial charge is 0.384 e. The summed E-state index contributed by atoms with van der Waals surface area (Å²) in [6.45, 7) is 7.10. The Balaban J connectivity index is 2.06. The van der Waals surface area contributed by atoms with E-state index in [4.69, 9.17) is 4.74 Å². The molecule has 6 nitrogen and oxygen atoms in total. The van der Waals surface area contributed by atoms with Crippen molar-refractivity contribution in [3.8, 4) is 0 Å². The first-order valence-corrected chi connectivity index (χ1v) is 8.46. The molecule has 1 aliphatic rings. The summed E-state index contributed by atoms with van der Waals surface area (Å²) in [6, 6.07) is 7.06. The molecule has 2 amide bonds. The first kappa shape index (κ1) is 18.4. The van der Waals surface area contributed by atoms with E-state index in [1.54, 1.807) is 36.3 Å². The smallest absolute Gasteiger partial charge is 0.253 e. The molecule has 0 spiro atoms. The fraction of sp³-hybridized carbons (Fsp3) is 0.556. The van der Waals surface area contributed by atoms with Crippen LogP contribution in [0.2, 0.25) is 0 Å². The summed E-state index contributed by atoms with van der Waals surface area (Å²) in [7, 11) is 1.61. The lowest BCUT2D eigenvalue weighted by Gasteiger charge is -2.26. The lowest BCUT2D eigenvalue weighted by molar-refractivity contribution is -0.127. The molecular weight excluding hydrogens is 306 g/mol. The summed E-state index contributed by atoms with van der Waals surface area (Å²) >= 11 is 0. The highest BCUT2D eigenvalue weighted by atomic mass is 16.5. The van der Waals surface area contributed by atoms with Crippen molar-refractivity contribution in [3.63, 3.8) is 0 Å². The highest BCUT2D eigenvalue weighted by Crippen LogP contribution is 2.28. The summed E-state index contributed by atoms with van der Waals surface area (Å²) in [6.07, 6.45) is 0.755. The average Bonchev–Trinajstić information content (AvgIpc) is 3.07. The van der Waals surface area contributed by atoms with Gasteiger partial charge in [-0.1, -0.05) is 0 Å². The average molecular weight is 333 g/mol. The van der Waals surface area contributed by atoms with E-state index in [1.165, 1.54) is 0 Å². The van der Waals surface area contributed by atoms with Crippen molar-refractivity contribution >= 4 is 17.5 Å². The molecule has 24 heavy (non-hydrogen) atoms. The zero-order valence-corrected chi connectivity index (χ0v) is 14.7. The Bertz CT molecular complexity index is 561. The van der Waals surface area contributed by atoms with Crippen LogP contribution < -0.4 is 10.6 Å². The lowest BCUT2D eigenvalue weighted by Crippen LogP contribution is -2.41. The van der Waals surface area contributed by atoms with Crippen LogP contribution >= 0.6 is 0 Å². The van der Waals surface area contributed by atoms with Crippen molar-refractivity contribution < 1.29 is 14.3 Å². The zero-order chi connectivity index (χ0) is 17.6. The summed E-state index contributed by atoms with van der Waals surface area (Å²) in [5.41, 5.74) is 0.800.